The van der Waals surface area contributed by atoms with Gasteiger partial charge < -0.3 is 10.0 Å². The third-order valence-electron chi connectivity index (χ3n) is 3.27. The summed E-state index contributed by atoms with van der Waals surface area (Å²) in [6, 6.07) is 4.14. The lowest BCUT2D eigenvalue weighted by Crippen LogP contribution is -2.40. The van der Waals surface area contributed by atoms with E-state index in [1.807, 2.05) is 0 Å². The minimum atomic E-state index is -3.83. The van der Waals surface area contributed by atoms with Gasteiger partial charge in [0.1, 0.15) is 5.82 Å². The Hall–Kier alpha value is -2.00. The number of carbonyl (C=O) groups excluding carboxylic acids is 1. The smallest absolute Gasteiger partial charge is 0.305 e. The SMILES string of the molecule is CC(C)N(CCC(=O)O)C(=O)CCNS(=O)(=O)c1ccc(F)cc1. The van der Waals surface area contributed by atoms with Crippen LogP contribution in [-0.4, -0.2) is 49.4 Å². The molecule has 0 aliphatic rings. The number of sulfonamides is 1. The van der Waals surface area contributed by atoms with Crippen LogP contribution in [0.5, 0.6) is 0 Å². The topological polar surface area (TPSA) is 104 Å². The molecule has 0 bridgehead atoms. The van der Waals surface area contributed by atoms with Gasteiger partial charge in [-0.2, -0.15) is 0 Å². The number of hydrogen-bond acceptors (Lipinski definition) is 4. The number of carboxylic acid groups (broad SMARTS) is 1. The molecule has 134 valence electrons. The van der Waals surface area contributed by atoms with Crippen molar-refractivity contribution in [1.29, 1.82) is 0 Å². The number of nitrogens with one attached hydrogen (secondary N) is 1. The Balaban J connectivity index is 2.59. The predicted molar refractivity (Wildman–Crippen MR) is 85.3 cm³/mol. The molecule has 1 aromatic rings. The van der Waals surface area contributed by atoms with Crippen LogP contribution in [0, 0.1) is 5.82 Å². The molecule has 7 nitrogen and oxygen atoms in total. The van der Waals surface area contributed by atoms with Crippen molar-refractivity contribution < 1.29 is 27.5 Å². The van der Waals surface area contributed by atoms with Gasteiger partial charge in [-0.25, -0.2) is 17.5 Å². The van der Waals surface area contributed by atoms with E-state index in [9.17, 15) is 22.4 Å². The Labute approximate surface area is 140 Å². The van der Waals surface area contributed by atoms with Gasteiger partial charge in [-0.1, -0.05) is 0 Å². The Bertz CT molecular complexity index is 674. The summed E-state index contributed by atoms with van der Waals surface area (Å²) in [5.74, 6) is -1.89. The van der Waals surface area contributed by atoms with E-state index < -0.39 is 21.8 Å². The van der Waals surface area contributed by atoms with E-state index in [0.29, 0.717) is 0 Å². The standard InChI is InChI=1S/C15H21FN2O5S/c1-11(2)18(10-8-15(20)21)14(19)7-9-17-24(22,23)13-5-3-12(16)4-6-13/h3-6,11,17H,7-10H2,1-2H3,(H,20,21). The number of nitrogens with zero attached hydrogens (tertiary/aromatic N) is 1. The van der Waals surface area contributed by atoms with Gasteiger partial charge >= 0.3 is 5.97 Å². The number of rotatable bonds is 9. The Kier molecular flexibility index (Phi) is 7.30. The van der Waals surface area contributed by atoms with E-state index in [1.54, 1.807) is 13.8 Å². The molecular formula is C15H21FN2O5S. The minimum absolute atomic E-state index is 0.0660. The first-order valence-electron chi connectivity index (χ1n) is 7.40. The van der Waals surface area contributed by atoms with Crippen LogP contribution >= 0.6 is 0 Å². The summed E-state index contributed by atoms with van der Waals surface area (Å²) >= 11 is 0. The molecule has 0 spiro atoms. The summed E-state index contributed by atoms with van der Waals surface area (Å²) in [5.41, 5.74) is 0. The molecule has 24 heavy (non-hydrogen) atoms. The minimum Gasteiger partial charge on any atom is -0.481 e. The fourth-order valence-electron chi connectivity index (χ4n) is 2.02. The van der Waals surface area contributed by atoms with Crippen LogP contribution in [0.1, 0.15) is 26.7 Å². The molecule has 0 atom stereocenters. The van der Waals surface area contributed by atoms with Crippen molar-refractivity contribution in [3.63, 3.8) is 0 Å². The van der Waals surface area contributed by atoms with Crippen molar-refractivity contribution in [3.05, 3.63) is 30.1 Å². The van der Waals surface area contributed by atoms with Crippen molar-refractivity contribution in [2.75, 3.05) is 13.1 Å². The van der Waals surface area contributed by atoms with E-state index in [4.69, 9.17) is 5.11 Å². The summed E-state index contributed by atoms with van der Waals surface area (Å²) in [7, 11) is -3.83. The fraction of sp³-hybridized carbons (Fsp3) is 0.467. The number of benzene rings is 1. The lowest BCUT2D eigenvalue weighted by atomic mass is 10.2. The number of carbonyl (C=O) groups is 2. The molecule has 1 aromatic carbocycles. The van der Waals surface area contributed by atoms with Gasteiger partial charge in [-0.3, -0.25) is 9.59 Å². The number of carboxylic acids is 1. The van der Waals surface area contributed by atoms with Crippen molar-refractivity contribution in [2.45, 2.75) is 37.6 Å². The van der Waals surface area contributed by atoms with Crippen molar-refractivity contribution >= 4 is 21.9 Å². The lowest BCUT2D eigenvalue weighted by Gasteiger charge is -2.26. The summed E-state index contributed by atoms with van der Waals surface area (Å²) in [4.78, 5) is 24.0. The number of amides is 1. The Morgan fingerprint density at radius 1 is 1.21 bits per heavy atom. The van der Waals surface area contributed by atoms with E-state index >= 15 is 0 Å². The highest BCUT2D eigenvalue weighted by Crippen LogP contribution is 2.10. The van der Waals surface area contributed by atoms with Crippen LogP contribution in [0.15, 0.2) is 29.2 Å². The highest BCUT2D eigenvalue weighted by Gasteiger charge is 2.19. The molecule has 0 heterocycles. The fourth-order valence-corrected chi connectivity index (χ4v) is 3.05. The highest BCUT2D eigenvalue weighted by atomic mass is 32.2. The van der Waals surface area contributed by atoms with Gasteiger partial charge in [0.2, 0.25) is 15.9 Å². The monoisotopic (exact) mass is 360 g/mol. The van der Waals surface area contributed by atoms with Gasteiger partial charge in [0.05, 0.1) is 11.3 Å². The van der Waals surface area contributed by atoms with E-state index in [0.717, 1.165) is 24.3 Å². The van der Waals surface area contributed by atoms with Gasteiger partial charge in [-0.15, -0.1) is 0 Å². The first-order chi connectivity index (χ1) is 11.1. The van der Waals surface area contributed by atoms with Crippen LogP contribution in [-0.2, 0) is 19.6 Å². The maximum absolute atomic E-state index is 12.8. The average Bonchev–Trinajstić information content (AvgIpc) is 2.47. The molecular weight excluding hydrogens is 339 g/mol. The van der Waals surface area contributed by atoms with Gasteiger partial charge in [0.25, 0.3) is 0 Å². The predicted octanol–water partition coefficient (Wildman–Crippen LogP) is 1.21. The van der Waals surface area contributed by atoms with Crippen molar-refractivity contribution in [3.8, 4) is 0 Å². The van der Waals surface area contributed by atoms with Gasteiger partial charge in [0, 0.05) is 25.6 Å². The number of aliphatic carboxylic acids is 1. The van der Waals surface area contributed by atoms with E-state index in [1.165, 1.54) is 4.90 Å². The molecule has 0 radical (unpaired) electrons. The molecule has 1 amide bonds. The molecule has 1 rings (SSSR count). The quantitative estimate of drug-likeness (QED) is 0.689. The third-order valence-corrected chi connectivity index (χ3v) is 4.74. The Morgan fingerprint density at radius 2 is 1.79 bits per heavy atom. The molecule has 2 N–H and O–H groups in total. The Morgan fingerprint density at radius 3 is 2.29 bits per heavy atom. The molecule has 0 saturated heterocycles. The highest BCUT2D eigenvalue weighted by molar-refractivity contribution is 7.89. The summed E-state index contributed by atoms with van der Waals surface area (Å²) in [5, 5.41) is 8.70. The maximum Gasteiger partial charge on any atom is 0.305 e. The first kappa shape index (κ1) is 20.0. The van der Waals surface area contributed by atoms with Crippen LogP contribution in [0.2, 0.25) is 0 Å². The van der Waals surface area contributed by atoms with Crippen molar-refractivity contribution in [1.82, 2.24) is 9.62 Å². The van der Waals surface area contributed by atoms with E-state index in [2.05, 4.69) is 4.72 Å². The molecule has 0 aliphatic carbocycles. The molecule has 9 heteroatoms. The molecule has 0 aromatic heterocycles. The lowest BCUT2D eigenvalue weighted by molar-refractivity contribution is -0.139. The first-order valence-corrected chi connectivity index (χ1v) is 8.88. The van der Waals surface area contributed by atoms with E-state index in [-0.39, 0.29) is 42.8 Å². The molecule has 0 saturated carbocycles. The largest absolute Gasteiger partial charge is 0.481 e. The second-order valence-electron chi connectivity index (χ2n) is 5.43. The second-order valence-corrected chi connectivity index (χ2v) is 7.19. The molecule has 0 aliphatic heterocycles. The van der Waals surface area contributed by atoms with Crippen LogP contribution in [0.3, 0.4) is 0 Å². The maximum atomic E-state index is 12.8. The van der Waals surface area contributed by atoms with Crippen LogP contribution in [0.25, 0.3) is 0 Å². The molecule has 0 fully saturated rings. The normalized spacial score (nSPS) is 11.5. The molecule has 0 unspecified atom stereocenters. The van der Waals surface area contributed by atoms with Gasteiger partial charge in [0.15, 0.2) is 0 Å². The third kappa shape index (κ3) is 6.25. The summed E-state index contributed by atoms with van der Waals surface area (Å²) in [6.07, 6.45) is -0.274. The zero-order chi connectivity index (χ0) is 18.3. The number of hydrogen-bond donors (Lipinski definition) is 2. The summed E-state index contributed by atoms with van der Waals surface area (Å²) < 4.78 is 39.1. The van der Waals surface area contributed by atoms with Crippen molar-refractivity contribution in [2.24, 2.45) is 0 Å². The van der Waals surface area contributed by atoms with Gasteiger partial charge in [-0.05, 0) is 38.1 Å². The zero-order valence-corrected chi connectivity index (χ0v) is 14.3. The van der Waals surface area contributed by atoms with Crippen LogP contribution in [0.4, 0.5) is 4.39 Å². The van der Waals surface area contributed by atoms with Crippen LogP contribution < -0.4 is 4.72 Å². The summed E-state index contributed by atoms with van der Waals surface area (Å²) in [6.45, 7) is 3.44. The average molecular weight is 360 g/mol. The zero-order valence-electron chi connectivity index (χ0n) is 13.5. The second kappa shape index (κ2) is 8.74. The number of halogens is 1.